The Hall–Kier alpha value is -1.80. The van der Waals surface area contributed by atoms with Crippen LogP contribution >= 0.6 is 15.2 Å². The molecule has 0 unspecified atom stereocenters. The maximum absolute atomic E-state index is 10.8. The molecule has 0 aromatic carbocycles. The van der Waals surface area contributed by atoms with Crippen molar-refractivity contribution in [2.45, 2.75) is 0 Å². The van der Waals surface area contributed by atoms with Crippen molar-refractivity contribution in [1.29, 1.82) is 0 Å². The molecule has 2 aromatic heterocycles. The lowest BCUT2D eigenvalue weighted by Gasteiger charge is -2.10. The van der Waals surface area contributed by atoms with E-state index in [9.17, 15) is 9.13 Å². The average Bonchev–Trinajstić information content (AvgIpc) is 2.53. The Balaban J connectivity index is 2.04. The second-order valence-electron chi connectivity index (χ2n) is 5.23. The van der Waals surface area contributed by atoms with Gasteiger partial charge in [-0.25, -0.2) is 0 Å². The summed E-state index contributed by atoms with van der Waals surface area (Å²) < 4.78 is 32.2. The van der Waals surface area contributed by atoms with Crippen LogP contribution in [-0.4, -0.2) is 55.1 Å². The average molecular weight is 404 g/mol. The molecule has 0 atom stereocenters. The molecule has 0 aliphatic rings. The standard InChI is InChI=1S/C14H18N2O8P2/c17-25(18,19)7-5-23-11-1-3-15-13(9-11)14-10-12(2-4-16-14)24-6-8-26(20,21)22/h1-4,9-10H,5-8H2,(H2,17,18,19)(H2,20,21,22). The number of nitrogens with zero attached hydrogens (tertiary/aromatic N) is 2. The molecule has 0 saturated heterocycles. The van der Waals surface area contributed by atoms with E-state index >= 15 is 0 Å². The van der Waals surface area contributed by atoms with Crippen LogP contribution in [0.25, 0.3) is 11.4 Å². The third-order valence-electron chi connectivity index (χ3n) is 3.03. The van der Waals surface area contributed by atoms with Crippen molar-refractivity contribution in [3.05, 3.63) is 36.7 Å². The number of aromatic nitrogens is 2. The number of pyridine rings is 2. The van der Waals surface area contributed by atoms with Crippen molar-refractivity contribution >= 4 is 15.2 Å². The first kappa shape index (κ1) is 20.5. The summed E-state index contributed by atoms with van der Waals surface area (Å²) in [6.45, 7) is -0.292. The Bertz CT molecular complexity index is 766. The van der Waals surface area contributed by atoms with E-state index in [4.69, 9.17) is 29.0 Å². The van der Waals surface area contributed by atoms with Gasteiger partial charge in [-0.2, -0.15) is 0 Å². The molecule has 2 rings (SSSR count). The summed E-state index contributed by atoms with van der Waals surface area (Å²) in [6, 6.07) is 6.20. The third-order valence-corrected chi connectivity index (χ3v) is 4.56. The van der Waals surface area contributed by atoms with Gasteiger partial charge in [-0.05, 0) is 12.1 Å². The van der Waals surface area contributed by atoms with Crippen LogP contribution in [0.1, 0.15) is 0 Å². The van der Waals surface area contributed by atoms with E-state index in [1.807, 2.05) is 0 Å². The van der Waals surface area contributed by atoms with E-state index in [2.05, 4.69) is 9.97 Å². The molecular formula is C14H18N2O8P2. The topological polar surface area (TPSA) is 159 Å². The summed E-state index contributed by atoms with van der Waals surface area (Å²) in [5, 5.41) is 0. The summed E-state index contributed by atoms with van der Waals surface area (Å²) in [6.07, 6.45) is 2.13. The van der Waals surface area contributed by atoms with Gasteiger partial charge in [0, 0.05) is 24.5 Å². The van der Waals surface area contributed by atoms with Crippen molar-refractivity contribution in [3.63, 3.8) is 0 Å². The molecule has 0 amide bonds. The fourth-order valence-corrected chi connectivity index (χ4v) is 2.51. The zero-order valence-electron chi connectivity index (χ0n) is 13.5. The molecule has 0 fully saturated rings. The summed E-state index contributed by atoms with van der Waals surface area (Å²) >= 11 is 0. The zero-order valence-corrected chi connectivity index (χ0v) is 15.3. The normalized spacial score (nSPS) is 12.0. The van der Waals surface area contributed by atoms with Crippen LogP contribution in [-0.2, 0) is 9.13 Å². The molecule has 4 N–H and O–H groups in total. The van der Waals surface area contributed by atoms with Crippen molar-refractivity contribution in [3.8, 4) is 22.9 Å². The SMILES string of the molecule is O=P(O)(O)CCOc1ccnc(-c2cc(OCCP(=O)(O)O)ccn2)c1. The summed E-state index contributed by atoms with van der Waals surface area (Å²) in [5.41, 5.74) is 0.887. The largest absolute Gasteiger partial charge is 0.493 e. The molecule has 0 spiro atoms. The molecule has 2 aromatic rings. The predicted octanol–water partition coefficient (Wildman–Crippen LogP) is 1.26. The zero-order chi connectivity index (χ0) is 19.2. The van der Waals surface area contributed by atoms with E-state index in [0.29, 0.717) is 22.9 Å². The van der Waals surface area contributed by atoms with E-state index in [0.717, 1.165) is 0 Å². The molecule has 10 nitrogen and oxygen atoms in total. The lowest BCUT2D eigenvalue weighted by Crippen LogP contribution is -2.04. The van der Waals surface area contributed by atoms with Crippen LogP contribution in [0.2, 0.25) is 0 Å². The highest BCUT2D eigenvalue weighted by atomic mass is 31.2. The molecule has 0 aliphatic carbocycles. The molecule has 0 bridgehead atoms. The molecule has 26 heavy (non-hydrogen) atoms. The molecular weight excluding hydrogens is 386 g/mol. The van der Waals surface area contributed by atoms with Crippen LogP contribution in [0.15, 0.2) is 36.7 Å². The monoisotopic (exact) mass is 404 g/mol. The Morgan fingerprint density at radius 1 is 0.769 bits per heavy atom. The number of rotatable bonds is 9. The Morgan fingerprint density at radius 2 is 1.15 bits per heavy atom. The molecule has 0 aliphatic heterocycles. The van der Waals surface area contributed by atoms with Crippen LogP contribution in [0, 0.1) is 0 Å². The Morgan fingerprint density at radius 3 is 1.50 bits per heavy atom. The number of hydrogen-bond acceptors (Lipinski definition) is 6. The maximum Gasteiger partial charge on any atom is 0.328 e. The highest BCUT2D eigenvalue weighted by molar-refractivity contribution is 7.52. The van der Waals surface area contributed by atoms with E-state index in [-0.39, 0.29) is 13.2 Å². The third kappa shape index (κ3) is 7.61. The summed E-state index contributed by atoms with van der Waals surface area (Å²) in [4.78, 5) is 43.6. The van der Waals surface area contributed by atoms with E-state index < -0.39 is 27.5 Å². The van der Waals surface area contributed by atoms with E-state index in [1.165, 1.54) is 12.4 Å². The molecule has 12 heteroatoms. The van der Waals surface area contributed by atoms with Gasteiger partial charge in [0.15, 0.2) is 0 Å². The quantitative estimate of drug-likeness (QED) is 0.448. The van der Waals surface area contributed by atoms with Gasteiger partial charge >= 0.3 is 15.2 Å². The first-order valence-electron chi connectivity index (χ1n) is 7.40. The van der Waals surface area contributed by atoms with Gasteiger partial charge in [0.05, 0.1) is 36.9 Å². The molecule has 0 radical (unpaired) electrons. The second-order valence-corrected chi connectivity index (χ2v) is 8.78. The molecule has 0 saturated carbocycles. The minimum Gasteiger partial charge on any atom is -0.493 e. The summed E-state index contributed by atoms with van der Waals surface area (Å²) in [7, 11) is -8.25. The maximum atomic E-state index is 10.8. The smallest absolute Gasteiger partial charge is 0.328 e. The van der Waals surface area contributed by atoms with Gasteiger partial charge in [-0.3, -0.25) is 19.1 Å². The van der Waals surface area contributed by atoms with Crippen LogP contribution in [0.5, 0.6) is 11.5 Å². The first-order valence-corrected chi connectivity index (χ1v) is 11.0. The van der Waals surface area contributed by atoms with E-state index in [1.54, 1.807) is 24.3 Å². The second kappa shape index (κ2) is 8.73. The van der Waals surface area contributed by atoms with Gasteiger partial charge in [0.25, 0.3) is 0 Å². The highest BCUT2D eigenvalue weighted by Crippen LogP contribution is 2.34. The first-order chi connectivity index (χ1) is 12.1. The van der Waals surface area contributed by atoms with Crippen molar-refractivity contribution in [1.82, 2.24) is 9.97 Å². The Kier molecular flexibility index (Phi) is 6.88. The van der Waals surface area contributed by atoms with Crippen LogP contribution in [0.4, 0.5) is 0 Å². The number of ether oxygens (including phenoxy) is 2. The predicted molar refractivity (Wildman–Crippen MR) is 92.3 cm³/mol. The summed E-state index contributed by atoms with van der Waals surface area (Å²) in [5.74, 6) is 0.746. The molecule has 142 valence electrons. The van der Waals surface area contributed by atoms with Gasteiger partial charge in [-0.1, -0.05) is 0 Å². The van der Waals surface area contributed by atoms with Gasteiger partial charge in [-0.15, -0.1) is 0 Å². The lowest BCUT2D eigenvalue weighted by atomic mass is 10.2. The fraction of sp³-hybridized carbons (Fsp3) is 0.286. The van der Waals surface area contributed by atoms with Crippen molar-refractivity contribution in [2.75, 3.05) is 25.5 Å². The Labute approximate surface area is 149 Å². The highest BCUT2D eigenvalue weighted by Gasteiger charge is 2.14. The minimum atomic E-state index is -4.13. The lowest BCUT2D eigenvalue weighted by molar-refractivity contribution is 0.314. The fourth-order valence-electron chi connectivity index (χ4n) is 1.85. The van der Waals surface area contributed by atoms with Crippen LogP contribution in [0.3, 0.4) is 0 Å². The number of hydrogen-bond donors (Lipinski definition) is 4. The van der Waals surface area contributed by atoms with Gasteiger partial charge in [0.1, 0.15) is 11.5 Å². The van der Waals surface area contributed by atoms with Crippen molar-refractivity contribution < 1.29 is 38.2 Å². The van der Waals surface area contributed by atoms with Crippen molar-refractivity contribution in [2.24, 2.45) is 0 Å². The van der Waals surface area contributed by atoms with Gasteiger partial charge < -0.3 is 29.0 Å². The minimum absolute atomic E-state index is 0.146. The van der Waals surface area contributed by atoms with Gasteiger partial charge in [0.2, 0.25) is 0 Å². The van der Waals surface area contributed by atoms with Crippen LogP contribution < -0.4 is 9.47 Å². The molecule has 2 heterocycles.